The van der Waals surface area contributed by atoms with Gasteiger partial charge in [0.2, 0.25) is 0 Å². The molecule has 2 N–H and O–H groups in total. The molecule has 2 heteroatoms. The summed E-state index contributed by atoms with van der Waals surface area (Å²) in [6.07, 6.45) is 18.0. The molecule has 3 aliphatic carbocycles. The van der Waals surface area contributed by atoms with E-state index in [-0.39, 0.29) is 12.0 Å². The third-order valence-electron chi connectivity index (χ3n) is 8.68. The molecular formula is C28H44O2. The van der Waals surface area contributed by atoms with Crippen molar-refractivity contribution in [2.75, 3.05) is 0 Å². The SMILES string of the molecule is C=C1CC[C@H](O)C/C1=C\C=C1/CCC[C@]2(C)[C@@H]([C@H](C)C=C[C@H](C)[13C]([13CH3])([13CH3])O)CC[C@@H]12. The normalized spacial score (nSPS) is 37.7. The highest BCUT2D eigenvalue weighted by Crippen LogP contribution is 2.59. The summed E-state index contributed by atoms with van der Waals surface area (Å²) in [4.78, 5) is 0. The first-order valence-electron chi connectivity index (χ1n) is 12.2. The van der Waals surface area contributed by atoms with Gasteiger partial charge in [0.15, 0.2) is 0 Å². The highest BCUT2D eigenvalue weighted by molar-refractivity contribution is 5.36. The molecule has 168 valence electrons. The molecule has 3 aliphatic rings. The number of allylic oxidation sites excluding steroid dienone is 5. The van der Waals surface area contributed by atoms with Crippen LogP contribution in [-0.2, 0) is 0 Å². The van der Waals surface area contributed by atoms with Crippen LogP contribution in [0, 0.1) is 29.1 Å². The third-order valence-corrected chi connectivity index (χ3v) is 8.68. The standard InChI is InChI=1S/C28H44O2/c1-19-10-14-24(29)18-23(19)13-12-22-8-7-17-28(6)25(15-16-26(22)28)20(2)9-11-21(3)27(4,5)30/h9,11-13,20-21,24-26,29-30H,1,7-8,10,14-18H2,2-6H3/b11-9?,22-12+,23-13+/t20-,21+,24+,25-,26+,28-/m1/s1/i4+1,5+1,27+1. The maximum absolute atomic E-state index is 10.3. The van der Waals surface area contributed by atoms with Gasteiger partial charge in [0.25, 0.3) is 0 Å². The molecule has 6 atom stereocenters. The number of fused-ring (bicyclic) bond motifs is 1. The van der Waals surface area contributed by atoms with Crippen LogP contribution in [0.1, 0.15) is 86.0 Å². The molecule has 3 rings (SSSR count). The minimum absolute atomic E-state index is 0.164. The zero-order chi connectivity index (χ0) is 22.1. The van der Waals surface area contributed by atoms with Crippen molar-refractivity contribution in [3.63, 3.8) is 0 Å². The van der Waals surface area contributed by atoms with Crippen LogP contribution in [0.2, 0.25) is 0 Å². The summed E-state index contributed by atoms with van der Waals surface area (Å²) in [5.74, 6) is 2.08. The Morgan fingerprint density at radius 1 is 1.10 bits per heavy atom. The second kappa shape index (κ2) is 9.17. The molecule has 2 nitrogen and oxygen atoms in total. The number of hydrogen-bond acceptors (Lipinski definition) is 2. The topological polar surface area (TPSA) is 40.5 Å². The molecule has 0 spiro atoms. The molecule has 0 unspecified atom stereocenters. The molecule has 0 radical (unpaired) electrons. The molecule has 0 aromatic heterocycles. The monoisotopic (exact) mass is 415 g/mol. The summed E-state index contributed by atoms with van der Waals surface area (Å²) in [5, 5.41) is 20.3. The van der Waals surface area contributed by atoms with Crippen LogP contribution < -0.4 is 0 Å². The summed E-state index contributed by atoms with van der Waals surface area (Å²) in [5.41, 5.74) is 3.78. The average Bonchev–Trinajstić information content (AvgIpc) is 3.03. The smallest absolute Gasteiger partial charge is 0.0651 e. The average molecular weight is 416 g/mol. The second-order valence-electron chi connectivity index (χ2n) is 11.2. The van der Waals surface area contributed by atoms with Gasteiger partial charge in [0.05, 0.1) is 11.7 Å². The molecule has 0 aliphatic heterocycles. The molecule has 3 saturated carbocycles. The lowest BCUT2D eigenvalue weighted by molar-refractivity contribution is 0.0436. The maximum Gasteiger partial charge on any atom is 0.0651 e. The summed E-state index contributed by atoms with van der Waals surface area (Å²) >= 11 is 0. The van der Waals surface area contributed by atoms with Crippen LogP contribution in [0.25, 0.3) is 0 Å². The maximum atomic E-state index is 10.3. The van der Waals surface area contributed by atoms with Gasteiger partial charge in [-0.15, -0.1) is 0 Å². The molecule has 0 aromatic carbocycles. The predicted molar refractivity (Wildman–Crippen MR) is 127 cm³/mol. The molecule has 0 heterocycles. The van der Waals surface area contributed by atoms with E-state index in [1.165, 1.54) is 43.3 Å². The number of aliphatic hydroxyl groups excluding tert-OH is 1. The van der Waals surface area contributed by atoms with Gasteiger partial charge in [-0.1, -0.05) is 62.8 Å². The van der Waals surface area contributed by atoms with Crippen LogP contribution in [0.3, 0.4) is 0 Å². The van der Waals surface area contributed by atoms with E-state index in [2.05, 4.69) is 51.7 Å². The minimum atomic E-state index is -0.663. The molecule has 0 aromatic rings. The van der Waals surface area contributed by atoms with E-state index < -0.39 is 5.60 Å². The first-order valence-corrected chi connectivity index (χ1v) is 12.2. The Morgan fingerprint density at radius 3 is 2.53 bits per heavy atom. The zero-order valence-electron chi connectivity index (χ0n) is 20.0. The minimum Gasteiger partial charge on any atom is -0.393 e. The van der Waals surface area contributed by atoms with Gasteiger partial charge in [-0.2, -0.15) is 0 Å². The van der Waals surface area contributed by atoms with Gasteiger partial charge in [-0.25, -0.2) is 0 Å². The van der Waals surface area contributed by atoms with Crippen molar-refractivity contribution in [2.24, 2.45) is 29.1 Å². The van der Waals surface area contributed by atoms with E-state index >= 15 is 0 Å². The van der Waals surface area contributed by atoms with E-state index in [0.29, 0.717) is 23.2 Å². The van der Waals surface area contributed by atoms with Crippen molar-refractivity contribution in [1.29, 1.82) is 0 Å². The van der Waals surface area contributed by atoms with E-state index in [1.54, 1.807) is 5.57 Å². The molecule has 0 bridgehead atoms. The third kappa shape index (κ3) is 5.02. The lowest BCUT2D eigenvalue weighted by atomic mass is 9.61. The molecular weight excluding hydrogens is 371 g/mol. The first-order chi connectivity index (χ1) is 14.0. The fraction of sp³-hybridized carbons (Fsp3) is 0.714. The molecule has 3 fully saturated rings. The van der Waals surface area contributed by atoms with Crippen LogP contribution in [-0.4, -0.2) is 21.9 Å². The van der Waals surface area contributed by atoms with Gasteiger partial charge < -0.3 is 10.2 Å². The summed E-state index contributed by atoms with van der Waals surface area (Å²) in [6.45, 7) is 15.0. The molecule has 0 amide bonds. The lowest BCUT2D eigenvalue weighted by Gasteiger charge is -2.44. The Morgan fingerprint density at radius 2 is 1.83 bits per heavy atom. The van der Waals surface area contributed by atoms with Crippen molar-refractivity contribution in [2.45, 2.75) is 97.7 Å². The Balaban J connectivity index is 1.75. The van der Waals surface area contributed by atoms with Gasteiger partial charge in [0, 0.05) is 5.92 Å². The van der Waals surface area contributed by atoms with E-state index in [0.717, 1.165) is 19.3 Å². The highest BCUT2D eigenvalue weighted by atomic mass is 16.4. The fourth-order valence-electron chi connectivity index (χ4n) is 6.25. The van der Waals surface area contributed by atoms with E-state index in [4.69, 9.17) is 0 Å². The van der Waals surface area contributed by atoms with E-state index in [9.17, 15) is 10.2 Å². The molecule has 30 heavy (non-hydrogen) atoms. The van der Waals surface area contributed by atoms with E-state index in [1.807, 2.05) is 13.8 Å². The van der Waals surface area contributed by atoms with Crippen molar-refractivity contribution in [3.8, 4) is 0 Å². The van der Waals surface area contributed by atoms with Crippen molar-refractivity contribution >= 4 is 0 Å². The second-order valence-corrected chi connectivity index (χ2v) is 11.2. The Bertz CT molecular complexity index is 719. The van der Waals surface area contributed by atoms with Gasteiger partial charge in [-0.05, 0) is 94.0 Å². The Hall–Kier alpha value is -1.12. The zero-order valence-corrected chi connectivity index (χ0v) is 20.0. The van der Waals surface area contributed by atoms with Crippen LogP contribution in [0.5, 0.6) is 0 Å². The number of rotatable bonds is 5. The quantitative estimate of drug-likeness (QED) is 0.385. The fourth-order valence-corrected chi connectivity index (χ4v) is 6.25. The van der Waals surface area contributed by atoms with Gasteiger partial charge in [-0.3, -0.25) is 0 Å². The summed E-state index contributed by atoms with van der Waals surface area (Å²) in [7, 11) is 0. The highest BCUT2D eigenvalue weighted by Gasteiger charge is 2.50. The van der Waals surface area contributed by atoms with Crippen LogP contribution in [0.4, 0.5) is 0 Å². The summed E-state index contributed by atoms with van der Waals surface area (Å²) < 4.78 is 0. The number of aliphatic hydroxyl groups is 2. The first kappa shape index (κ1) is 23.5. The largest absolute Gasteiger partial charge is 0.393 e. The van der Waals surface area contributed by atoms with Gasteiger partial charge in [0.1, 0.15) is 0 Å². The summed E-state index contributed by atoms with van der Waals surface area (Å²) in [6, 6.07) is 0. The van der Waals surface area contributed by atoms with Crippen molar-refractivity contribution in [3.05, 3.63) is 47.6 Å². The lowest BCUT2D eigenvalue weighted by Crippen LogP contribution is -2.35. The van der Waals surface area contributed by atoms with Crippen molar-refractivity contribution < 1.29 is 10.2 Å². The predicted octanol–water partition coefficient (Wildman–Crippen LogP) is 6.76. The van der Waals surface area contributed by atoms with Crippen LogP contribution >= 0.6 is 0 Å². The van der Waals surface area contributed by atoms with Gasteiger partial charge >= 0.3 is 0 Å². The Kier molecular flexibility index (Phi) is 7.19. The van der Waals surface area contributed by atoms with Crippen LogP contribution in [0.15, 0.2) is 47.6 Å². The number of hydrogen-bond donors (Lipinski definition) is 2. The van der Waals surface area contributed by atoms with Crippen molar-refractivity contribution in [1.82, 2.24) is 0 Å². The Labute approximate surface area is 184 Å². The molecule has 0 saturated heterocycles.